The van der Waals surface area contributed by atoms with E-state index in [1.54, 1.807) is 0 Å². The molecule has 1 aliphatic rings. The van der Waals surface area contributed by atoms with Gasteiger partial charge in [0.15, 0.2) is 46.0 Å². The van der Waals surface area contributed by atoms with Gasteiger partial charge in [-0.2, -0.15) is 0 Å². The van der Waals surface area contributed by atoms with E-state index in [0.717, 1.165) is 41.3 Å². The van der Waals surface area contributed by atoms with Crippen LogP contribution in [-0.4, -0.2) is 94.1 Å². The highest BCUT2D eigenvalue weighted by Crippen LogP contribution is 2.53. The van der Waals surface area contributed by atoms with Crippen molar-refractivity contribution in [1.29, 1.82) is 0 Å². The Balaban J connectivity index is 1.46. The predicted octanol–water partition coefficient (Wildman–Crippen LogP) is 3.35. The molecule has 9 N–H and O–H groups in total. The fourth-order valence-electron chi connectivity index (χ4n) is 5.72. The van der Waals surface area contributed by atoms with Crippen molar-refractivity contribution in [2.45, 2.75) is 43.6 Å². The summed E-state index contributed by atoms with van der Waals surface area (Å²) in [6.45, 7) is -0.385. The summed E-state index contributed by atoms with van der Waals surface area (Å²) >= 11 is 0. The van der Waals surface area contributed by atoms with Crippen LogP contribution in [0.5, 0.6) is 46.0 Å². The average Bonchev–Trinajstić information content (AvgIpc) is 3.51. The maximum atomic E-state index is 14.0. The van der Waals surface area contributed by atoms with E-state index in [0.29, 0.717) is 0 Å². The molecular weight excluding hydrogens is 702 g/mol. The summed E-state index contributed by atoms with van der Waals surface area (Å²) in [5.74, 6) is -9.60. The zero-order valence-corrected chi connectivity index (χ0v) is 27.6. The van der Waals surface area contributed by atoms with E-state index in [1.807, 2.05) is 0 Å². The normalized spacial score (nSPS) is 15.7. The van der Waals surface area contributed by atoms with Crippen LogP contribution < -0.4 is 4.74 Å². The molecule has 0 fully saturated rings. The van der Waals surface area contributed by atoms with Gasteiger partial charge in [0.1, 0.15) is 12.0 Å². The number of aromatic hydroxyl groups is 7. The number of carbonyl (C=O) groups is 4. The second-order valence-electron chi connectivity index (χ2n) is 12.1. The molecule has 17 heteroatoms. The van der Waals surface area contributed by atoms with E-state index in [9.17, 15) is 65.1 Å². The first-order valence-corrected chi connectivity index (χ1v) is 15.7. The van der Waals surface area contributed by atoms with Crippen LogP contribution >= 0.6 is 0 Å². The monoisotopic (exact) mass is 735 g/mol. The summed E-state index contributed by atoms with van der Waals surface area (Å²) in [5.41, 5.74) is 0.606. The van der Waals surface area contributed by atoms with Crippen molar-refractivity contribution in [3.05, 3.63) is 94.5 Å². The van der Waals surface area contributed by atoms with Crippen molar-refractivity contribution in [1.82, 2.24) is 4.90 Å². The van der Waals surface area contributed by atoms with Crippen molar-refractivity contribution in [3.63, 3.8) is 0 Å². The smallest absolute Gasteiger partial charge is 0.410 e. The molecule has 0 aliphatic carbocycles. The summed E-state index contributed by atoms with van der Waals surface area (Å²) < 4.78 is 16.7. The molecule has 1 heterocycles. The molecule has 1 aliphatic heterocycles. The van der Waals surface area contributed by atoms with Gasteiger partial charge in [-0.3, -0.25) is 4.79 Å². The third-order valence-electron chi connectivity index (χ3n) is 8.40. The summed E-state index contributed by atoms with van der Waals surface area (Å²) in [6.07, 6.45) is -6.93. The number of benzene rings is 4. The number of carboxylic acids is 2. The van der Waals surface area contributed by atoms with Gasteiger partial charge in [-0.15, -0.1) is 0 Å². The highest BCUT2D eigenvalue weighted by molar-refractivity contribution is 5.86. The van der Waals surface area contributed by atoms with Crippen molar-refractivity contribution in [2.75, 3.05) is 7.05 Å². The van der Waals surface area contributed by atoms with Crippen LogP contribution in [0.2, 0.25) is 0 Å². The molecule has 5 rings (SSSR count). The molecule has 0 spiro atoms. The molecule has 4 unspecified atom stereocenters. The number of rotatable bonds is 12. The Morgan fingerprint density at radius 2 is 1.15 bits per heavy atom. The Morgan fingerprint density at radius 3 is 1.66 bits per heavy atom. The van der Waals surface area contributed by atoms with E-state index >= 15 is 0 Å². The first kappa shape index (κ1) is 37.2. The molecule has 0 radical (unpaired) electrons. The first-order chi connectivity index (χ1) is 25.0. The maximum absolute atomic E-state index is 14.0. The maximum Gasteiger partial charge on any atom is 0.410 e. The molecular formula is C36H33NO16. The Morgan fingerprint density at radius 1 is 0.660 bits per heavy atom. The van der Waals surface area contributed by atoms with Gasteiger partial charge in [0.25, 0.3) is 0 Å². The predicted molar refractivity (Wildman–Crippen MR) is 178 cm³/mol. The lowest BCUT2D eigenvalue weighted by Crippen LogP contribution is -2.36. The van der Waals surface area contributed by atoms with Crippen LogP contribution in [0.1, 0.15) is 39.8 Å². The number of carbonyl (C=O) groups excluding carboxylic acids is 2. The quantitative estimate of drug-likeness (QED) is 0.0745. The fraction of sp³-hybridized carbons (Fsp3) is 0.222. The van der Waals surface area contributed by atoms with Gasteiger partial charge in [-0.25, -0.2) is 14.4 Å². The van der Waals surface area contributed by atoms with Crippen LogP contribution in [0.4, 0.5) is 4.79 Å². The molecule has 278 valence electrons. The number of ether oxygens (including phenoxy) is 3. The van der Waals surface area contributed by atoms with Gasteiger partial charge < -0.3 is 65.1 Å². The van der Waals surface area contributed by atoms with Crippen molar-refractivity contribution in [2.24, 2.45) is 0 Å². The van der Waals surface area contributed by atoms with Crippen LogP contribution in [0.3, 0.4) is 0 Å². The van der Waals surface area contributed by atoms with Crippen molar-refractivity contribution < 1.29 is 79.3 Å². The summed E-state index contributed by atoms with van der Waals surface area (Å²) in [7, 11) is 1.25. The minimum atomic E-state index is -1.84. The number of phenolic OH excluding ortho intramolecular Hbond substituents is 7. The Bertz CT molecular complexity index is 2080. The van der Waals surface area contributed by atoms with Crippen molar-refractivity contribution in [3.8, 4) is 46.0 Å². The van der Waals surface area contributed by atoms with E-state index < -0.39 is 94.9 Å². The highest BCUT2D eigenvalue weighted by Gasteiger charge is 2.46. The molecule has 0 aromatic heterocycles. The number of hydrogen-bond acceptors (Lipinski definition) is 14. The molecule has 53 heavy (non-hydrogen) atoms. The van der Waals surface area contributed by atoms with Crippen molar-refractivity contribution >= 4 is 24.0 Å². The van der Waals surface area contributed by atoms with Crippen LogP contribution in [0, 0.1) is 0 Å². The SMILES string of the molecule is CN(Cc1ccc(O)c2c1C(C(=O)OC(Cc1ccc(O)c(O)c1)C(=O)O)C(c1ccc(O)c(O)c1)O2)C(=O)OC(Cc1ccc(O)c(O)c1)C(=O)O. The summed E-state index contributed by atoms with van der Waals surface area (Å²) in [6, 6.07) is 13.1. The van der Waals surface area contributed by atoms with Gasteiger partial charge >= 0.3 is 24.0 Å². The molecule has 4 aromatic carbocycles. The lowest BCUT2D eigenvalue weighted by atomic mass is 9.87. The zero-order chi connectivity index (χ0) is 38.7. The van der Waals surface area contributed by atoms with E-state index in [2.05, 4.69) is 0 Å². The Labute approximate surface area is 299 Å². The Kier molecular flexibility index (Phi) is 10.6. The number of carboxylic acid groups (broad SMARTS) is 2. The molecule has 0 bridgehead atoms. The lowest BCUT2D eigenvalue weighted by molar-refractivity contribution is -0.166. The molecule has 4 aromatic rings. The topological polar surface area (TPSA) is 281 Å². The second-order valence-corrected chi connectivity index (χ2v) is 12.1. The summed E-state index contributed by atoms with van der Waals surface area (Å²) in [4.78, 5) is 52.4. The average molecular weight is 736 g/mol. The third-order valence-corrected chi connectivity index (χ3v) is 8.40. The van der Waals surface area contributed by atoms with Gasteiger partial charge in [-0.1, -0.05) is 24.3 Å². The number of hydrogen-bond donors (Lipinski definition) is 9. The van der Waals surface area contributed by atoms with Gasteiger partial charge in [-0.05, 0) is 64.7 Å². The number of nitrogens with zero attached hydrogens (tertiary/aromatic N) is 1. The van der Waals surface area contributed by atoms with E-state index in [-0.39, 0.29) is 46.5 Å². The minimum absolute atomic E-state index is 0.0482. The molecule has 1 amide bonds. The molecule has 17 nitrogen and oxygen atoms in total. The number of fused-ring (bicyclic) bond motifs is 1. The number of phenols is 7. The number of esters is 1. The molecule has 0 saturated heterocycles. The van der Waals surface area contributed by atoms with E-state index in [4.69, 9.17) is 14.2 Å². The van der Waals surface area contributed by atoms with Gasteiger partial charge in [0.2, 0.25) is 12.2 Å². The van der Waals surface area contributed by atoms with Crippen LogP contribution in [0.25, 0.3) is 0 Å². The third kappa shape index (κ3) is 8.14. The Hall–Kier alpha value is -7.04. The fourth-order valence-corrected chi connectivity index (χ4v) is 5.72. The molecule has 0 saturated carbocycles. The van der Waals surface area contributed by atoms with Crippen LogP contribution in [-0.2, 0) is 43.2 Å². The largest absolute Gasteiger partial charge is 0.504 e. The van der Waals surface area contributed by atoms with Crippen LogP contribution in [0.15, 0.2) is 66.7 Å². The van der Waals surface area contributed by atoms with Gasteiger partial charge in [0.05, 0.1) is 0 Å². The zero-order valence-electron chi connectivity index (χ0n) is 27.6. The second kappa shape index (κ2) is 15.1. The highest BCUT2D eigenvalue weighted by atomic mass is 16.6. The number of aliphatic carboxylic acids is 2. The minimum Gasteiger partial charge on any atom is -0.504 e. The standard InChI is InChI=1S/C36H33NO16/c1-37(36(50)52-28(34(47)48)13-17-3-7-21(39)25(43)11-17)15-19-5-9-23(41)32-29(19)30(31(53-32)18-4-8-22(40)26(44)14-18)35(49)51-27(33(45)46)12-16-2-6-20(38)24(42)10-16/h2-11,14,27-28,30-31,38-44H,12-13,15H2,1H3,(H,45,46)(H,47,48). The number of amides is 1. The first-order valence-electron chi connectivity index (χ1n) is 15.7. The lowest BCUT2D eigenvalue weighted by Gasteiger charge is -2.24. The molecule has 4 atom stereocenters. The van der Waals surface area contributed by atoms with Gasteiger partial charge in [0, 0.05) is 32.0 Å². The summed E-state index contributed by atoms with van der Waals surface area (Å²) in [5, 5.41) is 89.5. The van der Waals surface area contributed by atoms with E-state index in [1.165, 1.54) is 37.4 Å².